The number of nitrogens with one attached hydrogen (secondary N) is 1. The van der Waals surface area contributed by atoms with Gasteiger partial charge in [0.15, 0.2) is 0 Å². The third kappa shape index (κ3) is 4.32. The van der Waals surface area contributed by atoms with Gasteiger partial charge in [-0.15, -0.1) is 0 Å². The summed E-state index contributed by atoms with van der Waals surface area (Å²) in [7, 11) is -3.87. The topological polar surface area (TPSA) is 111 Å². The highest BCUT2D eigenvalue weighted by molar-refractivity contribution is 7.92. The van der Waals surface area contributed by atoms with Crippen LogP contribution in [0.4, 0.5) is 5.69 Å². The Morgan fingerprint density at radius 2 is 1.68 bits per heavy atom. The Balaban J connectivity index is 1.80. The minimum atomic E-state index is -3.87. The fraction of sp³-hybridized carbons (Fsp3) is 0.158. The van der Waals surface area contributed by atoms with Gasteiger partial charge in [0.25, 0.3) is 10.0 Å². The van der Waals surface area contributed by atoms with E-state index >= 15 is 0 Å². The van der Waals surface area contributed by atoms with Crippen LogP contribution in [-0.2, 0) is 21.4 Å². The van der Waals surface area contributed by atoms with Gasteiger partial charge in [-0.2, -0.15) is 5.10 Å². The molecule has 0 spiro atoms. The molecule has 0 radical (unpaired) electrons. The molecule has 0 bridgehead atoms. The van der Waals surface area contributed by atoms with Gasteiger partial charge in [0.1, 0.15) is 18.0 Å². The van der Waals surface area contributed by atoms with Crippen LogP contribution in [0.5, 0.6) is 11.5 Å². The molecule has 0 aliphatic heterocycles. The summed E-state index contributed by atoms with van der Waals surface area (Å²) in [6, 6.07) is 15.2. The fourth-order valence-corrected chi connectivity index (χ4v) is 3.81. The number of aryl methyl sites for hydroxylation is 1. The molecule has 8 nitrogen and oxygen atoms in total. The number of carboxylic acids is 1. The van der Waals surface area contributed by atoms with E-state index in [1.807, 2.05) is 18.2 Å². The summed E-state index contributed by atoms with van der Waals surface area (Å²) in [4.78, 5) is 11.0. The minimum absolute atomic E-state index is 0.0534. The van der Waals surface area contributed by atoms with Crippen LogP contribution in [0.2, 0.25) is 0 Å². The molecule has 3 aromatic rings. The van der Waals surface area contributed by atoms with Gasteiger partial charge in [0, 0.05) is 0 Å². The lowest BCUT2D eigenvalue weighted by atomic mass is 10.3. The average Bonchev–Trinajstić information content (AvgIpc) is 2.89. The predicted octanol–water partition coefficient (Wildman–Crippen LogP) is 3.18. The van der Waals surface area contributed by atoms with Crippen LogP contribution in [-0.4, -0.2) is 29.3 Å². The Bertz CT molecular complexity index is 1090. The van der Waals surface area contributed by atoms with E-state index in [2.05, 4.69) is 9.82 Å². The van der Waals surface area contributed by atoms with Gasteiger partial charge in [-0.3, -0.25) is 14.2 Å². The van der Waals surface area contributed by atoms with E-state index in [9.17, 15) is 13.2 Å². The molecule has 146 valence electrons. The Morgan fingerprint density at radius 1 is 1.07 bits per heavy atom. The zero-order valence-corrected chi connectivity index (χ0v) is 16.1. The number of nitrogens with zero attached hydrogens (tertiary/aromatic N) is 2. The standard InChI is InChI=1S/C19H19N3O5S/c1-13-19(14(2)22(20-13)12-18(23)24)21-28(25,26)17-10-8-16(9-11-17)27-15-6-4-3-5-7-15/h3-11,21H,12H2,1-2H3,(H,23,24). The van der Waals surface area contributed by atoms with Gasteiger partial charge >= 0.3 is 5.97 Å². The van der Waals surface area contributed by atoms with E-state index in [0.717, 1.165) is 0 Å². The number of anilines is 1. The first kappa shape index (κ1) is 19.4. The maximum absolute atomic E-state index is 12.7. The summed E-state index contributed by atoms with van der Waals surface area (Å²) in [5.74, 6) is 0.0918. The number of hydrogen-bond donors (Lipinski definition) is 2. The first-order chi connectivity index (χ1) is 13.3. The summed E-state index contributed by atoms with van der Waals surface area (Å²) in [6.07, 6.45) is 0. The van der Waals surface area contributed by atoms with E-state index in [4.69, 9.17) is 9.84 Å². The minimum Gasteiger partial charge on any atom is -0.480 e. The van der Waals surface area contributed by atoms with Crippen molar-refractivity contribution in [2.24, 2.45) is 0 Å². The van der Waals surface area contributed by atoms with Crippen molar-refractivity contribution in [3.63, 3.8) is 0 Å². The van der Waals surface area contributed by atoms with Crippen LogP contribution in [0.3, 0.4) is 0 Å². The molecule has 0 fully saturated rings. The second-order valence-corrected chi connectivity index (χ2v) is 7.77. The third-order valence-electron chi connectivity index (χ3n) is 4.02. The zero-order chi connectivity index (χ0) is 20.3. The van der Waals surface area contributed by atoms with Crippen LogP contribution < -0.4 is 9.46 Å². The lowest BCUT2D eigenvalue weighted by Crippen LogP contribution is -2.15. The van der Waals surface area contributed by atoms with Crippen molar-refractivity contribution in [2.75, 3.05) is 4.72 Å². The van der Waals surface area contributed by atoms with Gasteiger partial charge in [0.05, 0.1) is 22.0 Å². The van der Waals surface area contributed by atoms with Crippen molar-refractivity contribution in [3.05, 3.63) is 66.0 Å². The summed E-state index contributed by atoms with van der Waals surface area (Å²) < 4.78 is 34.8. The highest BCUT2D eigenvalue weighted by atomic mass is 32.2. The lowest BCUT2D eigenvalue weighted by molar-refractivity contribution is -0.137. The lowest BCUT2D eigenvalue weighted by Gasteiger charge is -2.10. The number of para-hydroxylation sites is 1. The van der Waals surface area contributed by atoms with E-state index in [1.54, 1.807) is 38.1 Å². The normalized spacial score (nSPS) is 11.2. The summed E-state index contributed by atoms with van der Waals surface area (Å²) in [6.45, 7) is 2.87. The molecular formula is C19H19N3O5S. The number of carboxylic acid groups (broad SMARTS) is 1. The smallest absolute Gasteiger partial charge is 0.325 e. The SMILES string of the molecule is Cc1nn(CC(=O)O)c(C)c1NS(=O)(=O)c1ccc(Oc2ccccc2)cc1. The van der Waals surface area contributed by atoms with E-state index in [1.165, 1.54) is 16.8 Å². The van der Waals surface area contributed by atoms with Gasteiger partial charge in [0.2, 0.25) is 0 Å². The number of rotatable bonds is 7. The Morgan fingerprint density at radius 3 is 2.29 bits per heavy atom. The fourth-order valence-electron chi connectivity index (χ4n) is 2.63. The number of ether oxygens (including phenoxy) is 1. The van der Waals surface area contributed by atoms with Crippen molar-refractivity contribution in [2.45, 2.75) is 25.3 Å². The van der Waals surface area contributed by atoms with Crippen molar-refractivity contribution < 1.29 is 23.1 Å². The first-order valence-electron chi connectivity index (χ1n) is 8.38. The maximum atomic E-state index is 12.7. The Labute approximate surface area is 162 Å². The third-order valence-corrected chi connectivity index (χ3v) is 5.38. The number of carbonyl (C=O) groups is 1. The van der Waals surface area contributed by atoms with E-state index < -0.39 is 16.0 Å². The molecule has 2 N–H and O–H groups in total. The van der Waals surface area contributed by atoms with Crippen molar-refractivity contribution in [1.29, 1.82) is 0 Å². The molecule has 9 heteroatoms. The quantitative estimate of drug-likeness (QED) is 0.629. The second kappa shape index (κ2) is 7.73. The second-order valence-electron chi connectivity index (χ2n) is 6.09. The number of hydrogen-bond acceptors (Lipinski definition) is 5. The monoisotopic (exact) mass is 401 g/mol. The zero-order valence-electron chi connectivity index (χ0n) is 15.3. The maximum Gasteiger partial charge on any atom is 0.325 e. The average molecular weight is 401 g/mol. The number of sulfonamides is 1. The molecule has 1 aromatic heterocycles. The molecule has 0 saturated heterocycles. The summed E-state index contributed by atoms with van der Waals surface area (Å²) in [5.41, 5.74) is 1.09. The summed E-state index contributed by atoms with van der Waals surface area (Å²) in [5, 5.41) is 13.0. The predicted molar refractivity (Wildman–Crippen MR) is 103 cm³/mol. The number of benzene rings is 2. The summed E-state index contributed by atoms with van der Waals surface area (Å²) >= 11 is 0. The highest BCUT2D eigenvalue weighted by Gasteiger charge is 2.20. The molecular weight excluding hydrogens is 382 g/mol. The Hall–Kier alpha value is -3.33. The van der Waals surface area contributed by atoms with Gasteiger partial charge in [-0.25, -0.2) is 8.42 Å². The molecule has 1 heterocycles. The van der Waals surface area contributed by atoms with Crippen LogP contribution in [0.15, 0.2) is 59.5 Å². The van der Waals surface area contributed by atoms with Crippen LogP contribution >= 0.6 is 0 Å². The van der Waals surface area contributed by atoms with Crippen LogP contribution in [0.1, 0.15) is 11.4 Å². The van der Waals surface area contributed by atoms with Crippen LogP contribution in [0, 0.1) is 13.8 Å². The van der Waals surface area contributed by atoms with Crippen LogP contribution in [0.25, 0.3) is 0 Å². The van der Waals surface area contributed by atoms with Crippen molar-refractivity contribution >= 4 is 21.7 Å². The first-order valence-corrected chi connectivity index (χ1v) is 9.86. The highest BCUT2D eigenvalue weighted by Crippen LogP contribution is 2.26. The molecule has 0 amide bonds. The van der Waals surface area contributed by atoms with Gasteiger partial charge < -0.3 is 9.84 Å². The van der Waals surface area contributed by atoms with E-state index in [-0.39, 0.29) is 17.1 Å². The molecule has 0 saturated carbocycles. The molecule has 2 aromatic carbocycles. The number of aromatic nitrogens is 2. The van der Waals surface area contributed by atoms with Gasteiger partial charge in [-0.1, -0.05) is 18.2 Å². The molecule has 0 atom stereocenters. The van der Waals surface area contributed by atoms with Crippen molar-refractivity contribution in [3.8, 4) is 11.5 Å². The molecule has 3 rings (SSSR count). The molecule has 0 aliphatic carbocycles. The molecule has 0 unspecified atom stereocenters. The van der Waals surface area contributed by atoms with Crippen molar-refractivity contribution in [1.82, 2.24) is 9.78 Å². The largest absolute Gasteiger partial charge is 0.480 e. The molecule has 0 aliphatic rings. The molecule has 28 heavy (non-hydrogen) atoms. The van der Waals surface area contributed by atoms with E-state index in [0.29, 0.717) is 22.9 Å². The Kier molecular flexibility index (Phi) is 5.36. The number of aliphatic carboxylic acids is 1. The van der Waals surface area contributed by atoms with Gasteiger partial charge in [-0.05, 0) is 50.2 Å².